The van der Waals surface area contributed by atoms with Crippen LogP contribution in [-0.4, -0.2) is 6.21 Å². The minimum Gasteiger partial charge on any atom is -0.279 e. The van der Waals surface area contributed by atoms with Crippen LogP contribution in [0.3, 0.4) is 0 Å². The number of nitrogens with zero attached hydrogens (tertiary/aromatic N) is 1. The summed E-state index contributed by atoms with van der Waals surface area (Å²) >= 11 is 0. The van der Waals surface area contributed by atoms with Crippen LogP contribution in [0.2, 0.25) is 0 Å². The number of hydrazone groups is 1. The molecule has 0 atom stereocenters. The van der Waals surface area contributed by atoms with Crippen LogP contribution in [0.1, 0.15) is 16.7 Å². The molecule has 2 aromatic carbocycles. The molecule has 0 bridgehead atoms. The van der Waals surface area contributed by atoms with Gasteiger partial charge in [-0.25, -0.2) is 0 Å². The summed E-state index contributed by atoms with van der Waals surface area (Å²) in [6.45, 7) is 4.14. The van der Waals surface area contributed by atoms with E-state index in [1.807, 2.05) is 30.5 Å². The van der Waals surface area contributed by atoms with Crippen molar-refractivity contribution < 1.29 is 0 Å². The molecule has 0 amide bonds. The molecule has 0 aliphatic carbocycles. The Kier molecular flexibility index (Phi) is 3.55. The minimum absolute atomic E-state index is 1.000. The summed E-state index contributed by atoms with van der Waals surface area (Å²) in [6.07, 6.45) is 1.83. The van der Waals surface area contributed by atoms with Gasteiger partial charge in [0.05, 0.1) is 11.9 Å². The Morgan fingerprint density at radius 3 is 2.41 bits per heavy atom. The van der Waals surface area contributed by atoms with Crippen LogP contribution in [0.15, 0.2) is 53.6 Å². The molecule has 2 rings (SSSR count). The quantitative estimate of drug-likeness (QED) is 0.623. The second kappa shape index (κ2) is 5.30. The molecule has 0 saturated heterocycles. The molecule has 2 nitrogen and oxygen atoms in total. The van der Waals surface area contributed by atoms with Crippen molar-refractivity contribution in [2.45, 2.75) is 13.8 Å². The van der Waals surface area contributed by atoms with E-state index in [1.54, 1.807) is 0 Å². The lowest BCUT2D eigenvalue weighted by Crippen LogP contribution is -1.90. The summed E-state index contributed by atoms with van der Waals surface area (Å²) in [4.78, 5) is 0. The van der Waals surface area contributed by atoms with Crippen molar-refractivity contribution in [3.05, 3.63) is 65.2 Å². The molecule has 0 fully saturated rings. The van der Waals surface area contributed by atoms with Crippen LogP contribution in [0, 0.1) is 13.8 Å². The minimum atomic E-state index is 1.000. The van der Waals surface area contributed by atoms with Crippen LogP contribution in [0.4, 0.5) is 5.69 Å². The van der Waals surface area contributed by atoms with Gasteiger partial charge >= 0.3 is 0 Å². The standard InChI is InChI=1S/C15H16N2/c1-12-6-8-15(9-7-12)17-16-11-14-5-3-4-13(2)10-14/h3-11,17H,1-2H3/b16-11+. The number of hydrogen-bond acceptors (Lipinski definition) is 2. The predicted molar refractivity (Wildman–Crippen MR) is 73.6 cm³/mol. The summed E-state index contributed by atoms with van der Waals surface area (Å²) in [7, 11) is 0. The highest BCUT2D eigenvalue weighted by Crippen LogP contribution is 2.08. The zero-order valence-corrected chi connectivity index (χ0v) is 10.1. The maximum atomic E-state index is 4.21. The summed E-state index contributed by atoms with van der Waals surface area (Å²) in [6, 6.07) is 16.4. The summed E-state index contributed by atoms with van der Waals surface area (Å²) in [5.74, 6) is 0. The second-order valence-corrected chi connectivity index (χ2v) is 4.15. The molecule has 17 heavy (non-hydrogen) atoms. The van der Waals surface area contributed by atoms with Crippen molar-refractivity contribution in [2.24, 2.45) is 5.10 Å². The first kappa shape index (κ1) is 11.4. The van der Waals surface area contributed by atoms with E-state index in [-0.39, 0.29) is 0 Å². The first-order valence-corrected chi connectivity index (χ1v) is 5.66. The Morgan fingerprint density at radius 2 is 1.71 bits per heavy atom. The van der Waals surface area contributed by atoms with Gasteiger partial charge in [-0.3, -0.25) is 5.43 Å². The van der Waals surface area contributed by atoms with Gasteiger partial charge in [-0.05, 0) is 31.5 Å². The monoisotopic (exact) mass is 224 g/mol. The Morgan fingerprint density at radius 1 is 0.941 bits per heavy atom. The number of aryl methyl sites for hydroxylation is 2. The molecule has 86 valence electrons. The molecule has 0 aliphatic rings. The zero-order chi connectivity index (χ0) is 12.1. The Hall–Kier alpha value is -2.09. The topological polar surface area (TPSA) is 24.4 Å². The number of nitrogens with one attached hydrogen (secondary N) is 1. The van der Waals surface area contributed by atoms with Gasteiger partial charge in [0.2, 0.25) is 0 Å². The molecule has 0 heterocycles. The highest BCUT2D eigenvalue weighted by atomic mass is 15.3. The number of rotatable bonds is 3. The van der Waals surface area contributed by atoms with E-state index in [0.29, 0.717) is 0 Å². The lowest BCUT2D eigenvalue weighted by Gasteiger charge is -2.00. The first-order chi connectivity index (χ1) is 8.24. The van der Waals surface area contributed by atoms with Gasteiger partial charge in [-0.2, -0.15) is 5.10 Å². The van der Waals surface area contributed by atoms with Crippen molar-refractivity contribution in [1.29, 1.82) is 0 Å². The van der Waals surface area contributed by atoms with Gasteiger partial charge in [0.25, 0.3) is 0 Å². The third-order valence-electron chi connectivity index (χ3n) is 2.50. The average Bonchev–Trinajstić information content (AvgIpc) is 2.32. The molecule has 0 saturated carbocycles. The van der Waals surface area contributed by atoms with E-state index in [0.717, 1.165) is 11.3 Å². The lowest BCUT2D eigenvalue weighted by atomic mass is 10.2. The van der Waals surface area contributed by atoms with Gasteiger partial charge < -0.3 is 0 Å². The maximum Gasteiger partial charge on any atom is 0.0561 e. The van der Waals surface area contributed by atoms with Crippen molar-refractivity contribution in [3.8, 4) is 0 Å². The average molecular weight is 224 g/mol. The highest BCUT2D eigenvalue weighted by Gasteiger charge is 1.89. The molecule has 0 unspecified atom stereocenters. The number of benzene rings is 2. The molecule has 0 spiro atoms. The van der Waals surface area contributed by atoms with E-state index < -0.39 is 0 Å². The lowest BCUT2D eigenvalue weighted by molar-refractivity contribution is 1.33. The Bertz CT molecular complexity index is 513. The molecule has 2 aromatic rings. The fourth-order valence-electron chi connectivity index (χ4n) is 1.56. The van der Waals surface area contributed by atoms with Crippen molar-refractivity contribution in [2.75, 3.05) is 5.43 Å². The molecular weight excluding hydrogens is 208 g/mol. The van der Waals surface area contributed by atoms with Crippen LogP contribution in [-0.2, 0) is 0 Å². The zero-order valence-electron chi connectivity index (χ0n) is 10.1. The summed E-state index contributed by atoms with van der Waals surface area (Å²) in [5, 5.41) is 4.21. The van der Waals surface area contributed by atoms with E-state index in [1.165, 1.54) is 11.1 Å². The van der Waals surface area contributed by atoms with Crippen LogP contribution in [0.25, 0.3) is 0 Å². The molecule has 2 heteroatoms. The van der Waals surface area contributed by atoms with Crippen molar-refractivity contribution in [3.63, 3.8) is 0 Å². The molecule has 0 aromatic heterocycles. The number of hydrogen-bond donors (Lipinski definition) is 1. The van der Waals surface area contributed by atoms with E-state index in [9.17, 15) is 0 Å². The molecular formula is C15H16N2. The van der Waals surface area contributed by atoms with E-state index in [2.05, 4.69) is 48.6 Å². The van der Waals surface area contributed by atoms with Gasteiger partial charge in [-0.1, -0.05) is 47.5 Å². The molecule has 0 radical (unpaired) electrons. The van der Waals surface area contributed by atoms with Crippen LogP contribution in [0.5, 0.6) is 0 Å². The fourth-order valence-corrected chi connectivity index (χ4v) is 1.56. The molecule has 1 N–H and O–H groups in total. The first-order valence-electron chi connectivity index (χ1n) is 5.66. The Labute approximate surface area is 102 Å². The third kappa shape index (κ3) is 3.45. The molecule has 0 aliphatic heterocycles. The normalized spacial score (nSPS) is 10.7. The van der Waals surface area contributed by atoms with E-state index in [4.69, 9.17) is 0 Å². The largest absolute Gasteiger partial charge is 0.279 e. The highest BCUT2D eigenvalue weighted by molar-refractivity contribution is 5.80. The maximum absolute atomic E-state index is 4.21. The van der Waals surface area contributed by atoms with Crippen LogP contribution < -0.4 is 5.43 Å². The van der Waals surface area contributed by atoms with Crippen molar-refractivity contribution >= 4 is 11.9 Å². The van der Waals surface area contributed by atoms with Gasteiger partial charge in [0.1, 0.15) is 0 Å². The van der Waals surface area contributed by atoms with Crippen molar-refractivity contribution in [1.82, 2.24) is 0 Å². The summed E-state index contributed by atoms with van der Waals surface area (Å²) in [5.41, 5.74) is 7.60. The number of anilines is 1. The fraction of sp³-hybridized carbons (Fsp3) is 0.133. The Balaban J connectivity index is 2.00. The third-order valence-corrected chi connectivity index (χ3v) is 2.50. The van der Waals surface area contributed by atoms with Gasteiger partial charge in [-0.15, -0.1) is 0 Å². The summed E-state index contributed by atoms with van der Waals surface area (Å²) < 4.78 is 0. The van der Waals surface area contributed by atoms with Gasteiger partial charge in [0, 0.05) is 0 Å². The van der Waals surface area contributed by atoms with Crippen LogP contribution >= 0.6 is 0 Å². The predicted octanol–water partition coefficient (Wildman–Crippen LogP) is 3.75. The SMILES string of the molecule is Cc1ccc(N/N=C/c2cccc(C)c2)cc1. The smallest absolute Gasteiger partial charge is 0.0561 e. The van der Waals surface area contributed by atoms with E-state index >= 15 is 0 Å². The van der Waals surface area contributed by atoms with Gasteiger partial charge in [0.15, 0.2) is 0 Å². The second-order valence-electron chi connectivity index (χ2n) is 4.15.